The van der Waals surface area contributed by atoms with Gasteiger partial charge in [-0.3, -0.25) is 4.68 Å². The van der Waals surface area contributed by atoms with Crippen LogP contribution in [0.15, 0.2) is 4.47 Å². The van der Waals surface area contributed by atoms with Gasteiger partial charge in [-0.05, 0) is 48.0 Å². The van der Waals surface area contributed by atoms with Gasteiger partial charge < -0.3 is 5.11 Å². The van der Waals surface area contributed by atoms with E-state index in [2.05, 4.69) is 28.0 Å². The number of nitrogens with zero attached hydrogens (tertiary/aromatic N) is 2. The maximum Gasteiger partial charge on any atom is 0.0738 e. The number of hydrogen-bond acceptors (Lipinski definition) is 2. The predicted octanol–water partition coefficient (Wildman–Crippen LogP) is 2.58. The minimum Gasteiger partial charge on any atom is -0.389 e. The van der Waals surface area contributed by atoms with Gasteiger partial charge in [-0.15, -0.1) is 0 Å². The van der Waals surface area contributed by atoms with Crippen LogP contribution in [-0.2, 0) is 13.5 Å². The highest BCUT2D eigenvalue weighted by molar-refractivity contribution is 9.10. The van der Waals surface area contributed by atoms with E-state index >= 15 is 0 Å². The molecule has 1 unspecified atom stereocenters. The predicted molar refractivity (Wildman–Crippen MR) is 67.3 cm³/mol. The summed E-state index contributed by atoms with van der Waals surface area (Å²) in [4.78, 5) is 0. The highest BCUT2D eigenvalue weighted by Crippen LogP contribution is 2.54. The minimum atomic E-state index is -0.643. The van der Waals surface area contributed by atoms with Crippen molar-refractivity contribution in [1.82, 2.24) is 9.78 Å². The van der Waals surface area contributed by atoms with Crippen molar-refractivity contribution in [3.63, 3.8) is 0 Å². The molecule has 1 aromatic rings. The molecule has 0 spiro atoms. The largest absolute Gasteiger partial charge is 0.389 e. The molecular weight excluding hydrogens is 268 g/mol. The molecule has 0 bridgehead atoms. The van der Waals surface area contributed by atoms with Crippen LogP contribution in [0.4, 0.5) is 0 Å². The molecular formula is C12H19BrN2O. The zero-order valence-electron chi connectivity index (χ0n) is 10.3. The molecule has 1 aliphatic carbocycles. The quantitative estimate of drug-likeness (QED) is 0.928. The number of aryl methyl sites for hydroxylation is 2. The molecule has 1 saturated carbocycles. The van der Waals surface area contributed by atoms with Gasteiger partial charge in [0.1, 0.15) is 0 Å². The van der Waals surface area contributed by atoms with Crippen LogP contribution in [0, 0.1) is 12.3 Å². The Bertz CT molecular complexity index is 419. The lowest BCUT2D eigenvalue weighted by Crippen LogP contribution is -2.37. The van der Waals surface area contributed by atoms with E-state index in [0.717, 1.165) is 28.7 Å². The van der Waals surface area contributed by atoms with E-state index in [1.807, 2.05) is 25.6 Å². The first-order valence-electron chi connectivity index (χ1n) is 5.67. The van der Waals surface area contributed by atoms with Crippen molar-refractivity contribution in [1.29, 1.82) is 0 Å². The molecule has 4 heteroatoms. The fourth-order valence-electron chi connectivity index (χ4n) is 2.14. The number of hydrogen-bond donors (Lipinski definition) is 1. The number of aliphatic hydroxyl groups is 1. The second-order valence-electron chi connectivity index (χ2n) is 5.48. The van der Waals surface area contributed by atoms with Crippen molar-refractivity contribution in [3.05, 3.63) is 15.9 Å². The van der Waals surface area contributed by atoms with E-state index in [-0.39, 0.29) is 5.41 Å². The standard InChI is InChI=1S/C12H19BrN2O/c1-8-10(13)9(15(4)14-8)7-12(3,16)11(2)5-6-11/h16H,5-7H2,1-4H3. The zero-order chi connectivity index (χ0) is 12.1. The Balaban J connectivity index is 2.27. The van der Waals surface area contributed by atoms with Gasteiger partial charge in [0.25, 0.3) is 0 Å². The molecule has 1 heterocycles. The first-order chi connectivity index (χ1) is 7.27. The average Bonchev–Trinajstić information content (AvgIpc) is 2.88. The lowest BCUT2D eigenvalue weighted by Gasteiger charge is -2.30. The summed E-state index contributed by atoms with van der Waals surface area (Å²) >= 11 is 3.55. The lowest BCUT2D eigenvalue weighted by molar-refractivity contribution is -0.00869. The van der Waals surface area contributed by atoms with Gasteiger partial charge in [-0.1, -0.05) is 6.92 Å². The van der Waals surface area contributed by atoms with Crippen molar-refractivity contribution in [2.45, 2.75) is 45.6 Å². The van der Waals surface area contributed by atoms with Crippen molar-refractivity contribution < 1.29 is 5.11 Å². The summed E-state index contributed by atoms with van der Waals surface area (Å²) in [5, 5.41) is 14.9. The van der Waals surface area contributed by atoms with Crippen LogP contribution in [0.1, 0.15) is 38.1 Å². The van der Waals surface area contributed by atoms with Crippen molar-refractivity contribution in [2.75, 3.05) is 0 Å². The molecule has 1 fully saturated rings. The Morgan fingerprint density at radius 2 is 2.12 bits per heavy atom. The summed E-state index contributed by atoms with van der Waals surface area (Å²) in [6, 6.07) is 0. The van der Waals surface area contributed by atoms with Gasteiger partial charge in [-0.25, -0.2) is 0 Å². The summed E-state index contributed by atoms with van der Waals surface area (Å²) < 4.78 is 2.89. The van der Waals surface area contributed by atoms with Crippen molar-refractivity contribution in [3.8, 4) is 0 Å². The number of rotatable bonds is 3. The second kappa shape index (κ2) is 3.57. The Labute approximate surface area is 105 Å². The Morgan fingerprint density at radius 3 is 2.50 bits per heavy atom. The second-order valence-corrected chi connectivity index (χ2v) is 6.27. The Morgan fingerprint density at radius 1 is 1.56 bits per heavy atom. The van der Waals surface area contributed by atoms with E-state index in [0.29, 0.717) is 6.42 Å². The maximum absolute atomic E-state index is 10.6. The van der Waals surface area contributed by atoms with Crippen LogP contribution >= 0.6 is 15.9 Å². The molecule has 2 rings (SSSR count). The molecule has 1 aliphatic rings. The average molecular weight is 287 g/mol. The van der Waals surface area contributed by atoms with E-state index in [4.69, 9.17) is 0 Å². The molecule has 0 radical (unpaired) electrons. The van der Waals surface area contributed by atoms with Crippen molar-refractivity contribution >= 4 is 15.9 Å². The third-order valence-corrected chi connectivity index (χ3v) is 5.11. The van der Waals surface area contributed by atoms with Gasteiger partial charge in [0.2, 0.25) is 0 Å². The molecule has 0 saturated heterocycles. The minimum absolute atomic E-state index is 0.0879. The van der Waals surface area contributed by atoms with Gasteiger partial charge in [0.05, 0.1) is 21.5 Å². The van der Waals surface area contributed by atoms with Crippen LogP contribution in [-0.4, -0.2) is 20.5 Å². The highest BCUT2D eigenvalue weighted by atomic mass is 79.9. The normalized spacial score (nSPS) is 21.9. The molecule has 0 aliphatic heterocycles. The molecule has 16 heavy (non-hydrogen) atoms. The lowest BCUT2D eigenvalue weighted by atomic mass is 9.83. The monoisotopic (exact) mass is 286 g/mol. The smallest absolute Gasteiger partial charge is 0.0738 e. The van der Waals surface area contributed by atoms with Gasteiger partial charge >= 0.3 is 0 Å². The Kier molecular flexibility index (Phi) is 2.70. The van der Waals surface area contributed by atoms with Gasteiger partial charge in [-0.2, -0.15) is 5.10 Å². The van der Waals surface area contributed by atoms with E-state index in [1.165, 1.54) is 0 Å². The van der Waals surface area contributed by atoms with Gasteiger partial charge in [0, 0.05) is 13.5 Å². The molecule has 1 aromatic heterocycles. The van der Waals surface area contributed by atoms with E-state index < -0.39 is 5.60 Å². The van der Waals surface area contributed by atoms with Crippen LogP contribution in [0.2, 0.25) is 0 Å². The number of halogens is 1. The van der Waals surface area contributed by atoms with Crippen LogP contribution in [0.25, 0.3) is 0 Å². The molecule has 90 valence electrons. The fourth-order valence-corrected chi connectivity index (χ4v) is 2.61. The third kappa shape index (κ3) is 1.82. The summed E-state index contributed by atoms with van der Waals surface area (Å²) in [5.41, 5.74) is 1.50. The molecule has 3 nitrogen and oxygen atoms in total. The highest BCUT2D eigenvalue weighted by Gasteiger charge is 2.52. The molecule has 0 amide bonds. The van der Waals surface area contributed by atoms with Crippen molar-refractivity contribution in [2.24, 2.45) is 12.5 Å². The van der Waals surface area contributed by atoms with Crippen LogP contribution < -0.4 is 0 Å². The molecule has 1 N–H and O–H groups in total. The SMILES string of the molecule is Cc1nn(C)c(CC(C)(O)C2(C)CC2)c1Br. The summed E-state index contributed by atoms with van der Waals surface area (Å²) in [5.74, 6) is 0. The molecule has 0 aromatic carbocycles. The summed E-state index contributed by atoms with van der Waals surface area (Å²) in [6.45, 7) is 6.07. The molecule has 1 atom stereocenters. The van der Waals surface area contributed by atoms with E-state index in [9.17, 15) is 5.11 Å². The first kappa shape index (κ1) is 12.1. The van der Waals surface area contributed by atoms with Crippen LogP contribution in [0.5, 0.6) is 0 Å². The third-order valence-electron chi connectivity index (χ3n) is 4.07. The summed E-state index contributed by atoms with van der Waals surface area (Å²) in [7, 11) is 1.93. The maximum atomic E-state index is 10.6. The summed E-state index contributed by atoms with van der Waals surface area (Å²) in [6.07, 6.45) is 2.89. The fraction of sp³-hybridized carbons (Fsp3) is 0.750. The van der Waals surface area contributed by atoms with Gasteiger partial charge in [0.15, 0.2) is 0 Å². The topological polar surface area (TPSA) is 38.0 Å². The van der Waals surface area contributed by atoms with E-state index in [1.54, 1.807) is 0 Å². The Hall–Kier alpha value is -0.350. The number of aromatic nitrogens is 2. The first-order valence-corrected chi connectivity index (χ1v) is 6.46. The zero-order valence-corrected chi connectivity index (χ0v) is 11.9. The van der Waals surface area contributed by atoms with Crippen LogP contribution in [0.3, 0.4) is 0 Å².